The molecule has 35 heavy (non-hydrogen) atoms. The van der Waals surface area contributed by atoms with Crippen molar-refractivity contribution in [3.05, 3.63) is 77.1 Å². The van der Waals surface area contributed by atoms with Gasteiger partial charge >= 0.3 is 12.1 Å². The number of aliphatic carboxylic acids is 1. The molecule has 2 aromatic carbocycles. The van der Waals surface area contributed by atoms with E-state index in [1.165, 1.54) is 16.7 Å². The van der Waals surface area contributed by atoms with Gasteiger partial charge < -0.3 is 14.9 Å². The van der Waals surface area contributed by atoms with Crippen LogP contribution in [0.2, 0.25) is 0 Å². The number of amides is 1. The number of para-hydroxylation sites is 1. The first-order valence-corrected chi connectivity index (χ1v) is 10.8. The molecule has 11 heteroatoms. The summed E-state index contributed by atoms with van der Waals surface area (Å²) in [6.07, 6.45) is -2.23. The first kappa shape index (κ1) is 25.9. The number of hydrogen-bond acceptors (Lipinski definition) is 5. The number of hydrogen-bond donors (Lipinski definition) is 1. The third kappa shape index (κ3) is 7.38. The zero-order valence-corrected chi connectivity index (χ0v) is 19.4. The molecule has 0 saturated carbocycles. The number of aromatic nitrogens is 3. The van der Waals surface area contributed by atoms with Crippen LogP contribution in [-0.2, 0) is 35.5 Å². The third-order valence-corrected chi connectivity index (χ3v) is 5.24. The lowest BCUT2D eigenvalue weighted by Gasteiger charge is -2.29. The SMILES string of the molecule is CN(C)Cc1ccc2c(c1)CCN(C(=O)Cc1cnn(-c3ccccc3)n1)C2.O=C(O)C(F)(F)F. The van der Waals surface area contributed by atoms with Crippen molar-refractivity contribution < 1.29 is 27.9 Å². The maximum Gasteiger partial charge on any atom is 0.490 e. The fraction of sp³-hybridized carbons (Fsp3) is 0.333. The zero-order valence-electron chi connectivity index (χ0n) is 19.4. The number of carboxylic acid groups (broad SMARTS) is 1. The minimum absolute atomic E-state index is 0.100. The summed E-state index contributed by atoms with van der Waals surface area (Å²) in [5.74, 6) is -2.66. The van der Waals surface area contributed by atoms with Crippen molar-refractivity contribution in [3.63, 3.8) is 0 Å². The molecular weight excluding hydrogens is 463 g/mol. The number of benzene rings is 2. The van der Waals surface area contributed by atoms with Gasteiger partial charge in [0.15, 0.2) is 0 Å². The Hall–Kier alpha value is -3.73. The molecule has 186 valence electrons. The van der Waals surface area contributed by atoms with E-state index in [1.807, 2.05) is 35.2 Å². The normalized spacial score (nSPS) is 13.1. The Labute approximate surface area is 200 Å². The van der Waals surface area contributed by atoms with Crippen LogP contribution in [0.15, 0.2) is 54.7 Å². The van der Waals surface area contributed by atoms with Gasteiger partial charge in [0.1, 0.15) is 0 Å². The van der Waals surface area contributed by atoms with E-state index in [0.717, 1.165) is 25.2 Å². The van der Waals surface area contributed by atoms with Gasteiger partial charge in [-0.1, -0.05) is 36.4 Å². The predicted molar refractivity (Wildman–Crippen MR) is 122 cm³/mol. The van der Waals surface area contributed by atoms with E-state index in [-0.39, 0.29) is 12.3 Å². The molecule has 0 radical (unpaired) electrons. The highest BCUT2D eigenvalue weighted by atomic mass is 19.4. The first-order valence-electron chi connectivity index (χ1n) is 10.8. The molecule has 3 aromatic rings. The van der Waals surface area contributed by atoms with E-state index < -0.39 is 12.1 Å². The molecular formula is C24H26F3N5O3. The summed E-state index contributed by atoms with van der Waals surface area (Å²) in [7, 11) is 4.15. The van der Waals surface area contributed by atoms with Crippen molar-refractivity contribution in [2.24, 2.45) is 0 Å². The molecule has 1 N–H and O–H groups in total. The van der Waals surface area contributed by atoms with Crippen molar-refractivity contribution in [1.82, 2.24) is 24.8 Å². The minimum Gasteiger partial charge on any atom is -0.475 e. The Kier molecular flexibility index (Phi) is 8.23. The molecule has 0 atom stereocenters. The Morgan fingerprint density at radius 2 is 1.77 bits per heavy atom. The highest BCUT2D eigenvalue weighted by Crippen LogP contribution is 2.21. The van der Waals surface area contributed by atoms with Gasteiger partial charge in [0.25, 0.3) is 0 Å². The Morgan fingerprint density at radius 1 is 1.09 bits per heavy atom. The highest BCUT2D eigenvalue weighted by Gasteiger charge is 2.38. The molecule has 1 aliphatic rings. The second-order valence-corrected chi connectivity index (χ2v) is 8.35. The molecule has 0 saturated heterocycles. The number of alkyl halides is 3. The lowest BCUT2D eigenvalue weighted by molar-refractivity contribution is -0.192. The summed E-state index contributed by atoms with van der Waals surface area (Å²) in [6, 6.07) is 16.3. The number of carbonyl (C=O) groups excluding carboxylic acids is 1. The van der Waals surface area contributed by atoms with Crippen LogP contribution in [-0.4, -0.2) is 68.6 Å². The van der Waals surface area contributed by atoms with E-state index in [4.69, 9.17) is 9.90 Å². The molecule has 0 aliphatic carbocycles. The molecule has 0 unspecified atom stereocenters. The van der Waals surface area contributed by atoms with Crippen molar-refractivity contribution in [3.8, 4) is 5.69 Å². The van der Waals surface area contributed by atoms with Gasteiger partial charge in [0.05, 0.1) is 24.0 Å². The monoisotopic (exact) mass is 489 g/mol. The van der Waals surface area contributed by atoms with E-state index in [0.29, 0.717) is 12.2 Å². The maximum atomic E-state index is 12.8. The number of carbonyl (C=O) groups is 2. The second kappa shape index (κ2) is 11.1. The van der Waals surface area contributed by atoms with Gasteiger partial charge in [-0.05, 0) is 49.3 Å². The quantitative estimate of drug-likeness (QED) is 0.592. The largest absolute Gasteiger partial charge is 0.490 e. The lowest BCUT2D eigenvalue weighted by Crippen LogP contribution is -2.37. The van der Waals surface area contributed by atoms with Gasteiger partial charge in [-0.2, -0.15) is 28.2 Å². The van der Waals surface area contributed by atoms with E-state index >= 15 is 0 Å². The zero-order chi connectivity index (χ0) is 25.6. The summed E-state index contributed by atoms with van der Waals surface area (Å²) in [5.41, 5.74) is 5.51. The van der Waals surface area contributed by atoms with Gasteiger partial charge in [0, 0.05) is 19.6 Å². The molecule has 0 spiro atoms. The third-order valence-electron chi connectivity index (χ3n) is 5.24. The lowest BCUT2D eigenvalue weighted by atomic mass is 9.97. The minimum atomic E-state index is -5.08. The van der Waals surface area contributed by atoms with E-state index in [2.05, 4.69) is 47.4 Å². The van der Waals surface area contributed by atoms with E-state index in [1.54, 1.807) is 11.0 Å². The second-order valence-electron chi connectivity index (χ2n) is 8.35. The van der Waals surface area contributed by atoms with Crippen molar-refractivity contribution >= 4 is 11.9 Å². The molecule has 2 heterocycles. The van der Waals surface area contributed by atoms with Crippen LogP contribution in [0.25, 0.3) is 5.69 Å². The Balaban J connectivity index is 0.000000429. The average Bonchev–Trinajstić information content (AvgIpc) is 3.27. The summed E-state index contributed by atoms with van der Waals surface area (Å²) < 4.78 is 31.7. The van der Waals surface area contributed by atoms with Crippen molar-refractivity contribution in [2.45, 2.75) is 32.1 Å². The molecule has 1 aromatic heterocycles. The summed E-state index contributed by atoms with van der Waals surface area (Å²) in [4.78, 5) is 27.3. The van der Waals surface area contributed by atoms with Crippen molar-refractivity contribution in [1.29, 1.82) is 0 Å². The number of carboxylic acids is 1. The molecule has 0 bridgehead atoms. The summed E-state index contributed by atoms with van der Waals surface area (Å²) >= 11 is 0. The molecule has 4 rings (SSSR count). The standard InChI is InChI=1S/C22H25N5O.C2HF3O2/c1-25(2)15-17-8-9-19-16-26(11-10-18(19)12-17)22(28)13-20-14-23-27(24-20)21-6-4-3-5-7-21;3-2(4,5)1(6)7/h3-9,12,14H,10-11,13,15-16H2,1-2H3;(H,6,7). The van der Waals surface area contributed by atoms with Crippen LogP contribution >= 0.6 is 0 Å². The number of rotatable bonds is 5. The molecule has 8 nitrogen and oxygen atoms in total. The summed E-state index contributed by atoms with van der Waals surface area (Å²) in [6.45, 7) is 2.36. The van der Waals surface area contributed by atoms with Crippen LogP contribution in [0, 0.1) is 0 Å². The van der Waals surface area contributed by atoms with Gasteiger partial charge in [-0.15, -0.1) is 0 Å². The Morgan fingerprint density at radius 3 is 2.40 bits per heavy atom. The topological polar surface area (TPSA) is 91.6 Å². The highest BCUT2D eigenvalue weighted by molar-refractivity contribution is 5.78. The fourth-order valence-corrected chi connectivity index (χ4v) is 3.61. The number of halogens is 3. The van der Waals surface area contributed by atoms with Crippen LogP contribution < -0.4 is 0 Å². The van der Waals surface area contributed by atoms with Crippen LogP contribution in [0.5, 0.6) is 0 Å². The fourth-order valence-electron chi connectivity index (χ4n) is 3.61. The molecule has 1 amide bonds. The van der Waals surface area contributed by atoms with E-state index in [9.17, 15) is 18.0 Å². The van der Waals surface area contributed by atoms with Crippen LogP contribution in [0.1, 0.15) is 22.4 Å². The Bertz CT molecular complexity index is 1160. The smallest absolute Gasteiger partial charge is 0.475 e. The van der Waals surface area contributed by atoms with Crippen molar-refractivity contribution in [2.75, 3.05) is 20.6 Å². The predicted octanol–water partition coefficient (Wildman–Crippen LogP) is 3.09. The summed E-state index contributed by atoms with van der Waals surface area (Å²) in [5, 5.41) is 15.9. The first-order chi connectivity index (χ1) is 16.5. The maximum absolute atomic E-state index is 12.8. The average molecular weight is 489 g/mol. The van der Waals surface area contributed by atoms with Gasteiger partial charge in [-0.3, -0.25) is 4.79 Å². The van der Waals surface area contributed by atoms with Crippen LogP contribution in [0.3, 0.4) is 0 Å². The number of nitrogens with zero attached hydrogens (tertiary/aromatic N) is 5. The number of fused-ring (bicyclic) bond motifs is 1. The van der Waals surface area contributed by atoms with Gasteiger partial charge in [-0.25, -0.2) is 4.79 Å². The van der Waals surface area contributed by atoms with Crippen LogP contribution in [0.4, 0.5) is 13.2 Å². The molecule has 1 aliphatic heterocycles. The molecule has 0 fully saturated rings. The van der Waals surface area contributed by atoms with Gasteiger partial charge in [0.2, 0.25) is 5.91 Å².